The fraction of sp³-hybridized carbons (Fsp3) is 0.273. The molecular formula is C22H20FN3O4. The fourth-order valence-electron chi connectivity index (χ4n) is 3.40. The molecule has 1 saturated heterocycles. The third-order valence-corrected chi connectivity index (χ3v) is 5.04. The van der Waals surface area contributed by atoms with Crippen molar-refractivity contribution < 1.29 is 23.2 Å². The fourth-order valence-corrected chi connectivity index (χ4v) is 3.40. The van der Waals surface area contributed by atoms with E-state index in [1.54, 1.807) is 42.2 Å². The summed E-state index contributed by atoms with van der Waals surface area (Å²) < 4.78 is 23.6. The van der Waals surface area contributed by atoms with E-state index in [9.17, 15) is 14.0 Å². The summed E-state index contributed by atoms with van der Waals surface area (Å²) >= 11 is 0. The van der Waals surface area contributed by atoms with Crippen molar-refractivity contribution in [2.75, 3.05) is 13.1 Å². The van der Waals surface area contributed by atoms with Gasteiger partial charge in [-0.25, -0.2) is 4.39 Å². The molecule has 154 valence electrons. The molecule has 0 atom stereocenters. The van der Waals surface area contributed by atoms with Crippen molar-refractivity contribution in [3.05, 3.63) is 65.7 Å². The highest BCUT2D eigenvalue weighted by molar-refractivity contribution is 5.94. The number of hydrogen-bond donors (Lipinski definition) is 0. The first kappa shape index (κ1) is 19.8. The SMILES string of the molecule is Cc1noc(-c2ccc(C(=O)N3CCC(C(=O)Oc4cccc(F)c4)CC3)cc2)n1. The Hall–Kier alpha value is -3.55. The summed E-state index contributed by atoms with van der Waals surface area (Å²) in [6.45, 7) is 2.64. The number of halogens is 1. The molecule has 0 bridgehead atoms. The number of piperidine rings is 1. The zero-order valence-corrected chi connectivity index (χ0v) is 16.4. The second kappa shape index (κ2) is 8.44. The molecule has 0 radical (unpaired) electrons. The molecule has 1 aliphatic rings. The minimum Gasteiger partial charge on any atom is -0.426 e. The molecule has 0 N–H and O–H groups in total. The molecule has 4 rings (SSSR count). The summed E-state index contributed by atoms with van der Waals surface area (Å²) in [7, 11) is 0. The summed E-state index contributed by atoms with van der Waals surface area (Å²) in [5.74, 6) is -0.128. The first-order chi connectivity index (χ1) is 14.5. The summed E-state index contributed by atoms with van der Waals surface area (Å²) in [6.07, 6.45) is 0.998. The van der Waals surface area contributed by atoms with Crippen molar-refractivity contribution in [2.45, 2.75) is 19.8 Å². The van der Waals surface area contributed by atoms with Crippen molar-refractivity contribution >= 4 is 11.9 Å². The molecule has 1 aromatic heterocycles. The maximum absolute atomic E-state index is 13.2. The van der Waals surface area contributed by atoms with Gasteiger partial charge in [0.25, 0.3) is 11.8 Å². The molecule has 0 unspecified atom stereocenters. The van der Waals surface area contributed by atoms with Crippen molar-refractivity contribution in [1.82, 2.24) is 15.0 Å². The topological polar surface area (TPSA) is 85.5 Å². The number of hydrogen-bond acceptors (Lipinski definition) is 6. The molecule has 0 aliphatic carbocycles. The Morgan fingerprint density at radius 2 is 1.87 bits per heavy atom. The number of benzene rings is 2. The van der Waals surface area contributed by atoms with Gasteiger partial charge in [-0.2, -0.15) is 4.98 Å². The highest BCUT2D eigenvalue weighted by Crippen LogP contribution is 2.23. The van der Waals surface area contributed by atoms with Crippen LogP contribution in [0.15, 0.2) is 53.1 Å². The van der Waals surface area contributed by atoms with Gasteiger partial charge in [-0.1, -0.05) is 11.2 Å². The van der Waals surface area contributed by atoms with Crippen LogP contribution in [-0.2, 0) is 4.79 Å². The number of amides is 1. The lowest BCUT2D eigenvalue weighted by molar-refractivity contribution is -0.140. The number of rotatable bonds is 4. The highest BCUT2D eigenvalue weighted by Gasteiger charge is 2.29. The van der Waals surface area contributed by atoms with E-state index in [1.807, 2.05) is 0 Å². The van der Waals surface area contributed by atoms with E-state index < -0.39 is 11.8 Å². The van der Waals surface area contributed by atoms with Gasteiger partial charge in [0.15, 0.2) is 5.82 Å². The minimum absolute atomic E-state index is 0.0970. The smallest absolute Gasteiger partial charge is 0.314 e. The Morgan fingerprint density at radius 3 is 2.50 bits per heavy atom. The van der Waals surface area contributed by atoms with Gasteiger partial charge in [0.1, 0.15) is 11.6 Å². The Labute approximate surface area is 172 Å². The van der Waals surface area contributed by atoms with Crippen LogP contribution < -0.4 is 4.74 Å². The van der Waals surface area contributed by atoms with Gasteiger partial charge in [0.2, 0.25) is 0 Å². The van der Waals surface area contributed by atoms with Crippen molar-refractivity contribution in [3.8, 4) is 17.2 Å². The molecule has 2 heterocycles. The van der Waals surface area contributed by atoms with Crippen molar-refractivity contribution in [1.29, 1.82) is 0 Å². The Kier molecular flexibility index (Phi) is 5.56. The molecule has 2 aromatic carbocycles. The highest BCUT2D eigenvalue weighted by atomic mass is 19.1. The normalized spacial score (nSPS) is 14.5. The lowest BCUT2D eigenvalue weighted by Crippen LogP contribution is -2.41. The average Bonchev–Trinajstić information content (AvgIpc) is 3.20. The Morgan fingerprint density at radius 1 is 1.13 bits per heavy atom. The number of aromatic nitrogens is 2. The maximum atomic E-state index is 13.2. The van der Waals surface area contributed by atoms with Crippen LogP contribution in [-0.4, -0.2) is 40.0 Å². The second-order valence-electron chi connectivity index (χ2n) is 7.17. The monoisotopic (exact) mass is 409 g/mol. The van der Waals surface area contributed by atoms with Crippen LogP contribution in [0, 0.1) is 18.7 Å². The van der Waals surface area contributed by atoms with E-state index in [2.05, 4.69) is 10.1 Å². The summed E-state index contributed by atoms with van der Waals surface area (Å²) in [5, 5.41) is 3.76. The van der Waals surface area contributed by atoms with Crippen LogP contribution in [0.5, 0.6) is 5.75 Å². The molecule has 3 aromatic rings. The molecule has 8 heteroatoms. The summed E-state index contributed by atoms with van der Waals surface area (Å²) in [4.78, 5) is 31.0. The van der Waals surface area contributed by atoms with E-state index in [1.165, 1.54) is 18.2 Å². The number of carbonyl (C=O) groups excluding carboxylic acids is 2. The number of aryl methyl sites for hydroxylation is 1. The summed E-state index contributed by atoms with van der Waals surface area (Å²) in [6, 6.07) is 12.5. The molecule has 0 spiro atoms. The number of likely N-dealkylation sites (tertiary alicyclic amines) is 1. The van der Waals surface area contributed by atoms with E-state index in [4.69, 9.17) is 9.26 Å². The quantitative estimate of drug-likeness (QED) is 0.483. The van der Waals surface area contributed by atoms with Crippen LogP contribution in [0.3, 0.4) is 0 Å². The first-order valence-electron chi connectivity index (χ1n) is 9.67. The largest absolute Gasteiger partial charge is 0.426 e. The zero-order valence-electron chi connectivity index (χ0n) is 16.4. The van der Waals surface area contributed by atoms with E-state index in [0.717, 1.165) is 5.56 Å². The molecule has 1 aliphatic heterocycles. The predicted octanol–water partition coefficient (Wildman–Crippen LogP) is 3.64. The van der Waals surface area contributed by atoms with Crippen molar-refractivity contribution in [2.24, 2.45) is 5.92 Å². The van der Waals surface area contributed by atoms with Gasteiger partial charge in [-0.05, 0) is 56.2 Å². The van der Waals surface area contributed by atoms with Gasteiger partial charge in [-0.15, -0.1) is 0 Å². The van der Waals surface area contributed by atoms with E-state index >= 15 is 0 Å². The molecule has 0 saturated carbocycles. The third kappa shape index (κ3) is 4.37. The number of nitrogens with zero attached hydrogens (tertiary/aromatic N) is 3. The Balaban J connectivity index is 1.33. The second-order valence-corrected chi connectivity index (χ2v) is 7.17. The molecule has 1 amide bonds. The number of ether oxygens (including phenoxy) is 1. The first-order valence-corrected chi connectivity index (χ1v) is 9.67. The molecule has 30 heavy (non-hydrogen) atoms. The van der Waals surface area contributed by atoms with E-state index in [0.29, 0.717) is 43.2 Å². The van der Waals surface area contributed by atoms with Gasteiger partial charge in [-0.3, -0.25) is 9.59 Å². The Bertz CT molecular complexity index is 1060. The van der Waals surface area contributed by atoms with Gasteiger partial charge in [0, 0.05) is 30.3 Å². The molecular weight excluding hydrogens is 389 g/mol. The lowest BCUT2D eigenvalue weighted by Gasteiger charge is -2.31. The van der Waals surface area contributed by atoms with Crippen LogP contribution in [0.2, 0.25) is 0 Å². The van der Waals surface area contributed by atoms with Gasteiger partial charge >= 0.3 is 5.97 Å². The minimum atomic E-state index is -0.457. The zero-order chi connectivity index (χ0) is 21.1. The molecule has 1 fully saturated rings. The van der Waals surface area contributed by atoms with Gasteiger partial charge < -0.3 is 14.2 Å². The van der Waals surface area contributed by atoms with Crippen LogP contribution in [0.1, 0.15) is 29.0 Å². The third-order valence-electron chi connectivity index (χ3n) is 5.04. The number of esters is 1. The van der Waals surface area contributed by atoms with Crippen LogP contribution >= 0.6 is 0 Å². The van der Waals surface area contributed by atoms with Gasteiger partial charge in [0.05, 0.1) is 5.92 Å². The maximum Gasteiger partial charge on any atom is 0.314 e. The summed E-state index contributed by atoms with van der Waals surface area (Å²) in [5.41, 5.74) is 1.29. The van der Waals surface area contributed by atoms with Crippen molar-refractivity contribution in [3.63, 3.8) is 0 Å². The predicted molar refractivity (Wildman–Crippen MR) is 105 cm³/mol. The van der Waals surface area contributed by atoms with E-state index in [-0.39, 0.29) is 17.6 Å². The van der Waals surface area contributed by atoms with Crippen LogP contribution in [0.4, 0.5) is 4.39 Å². The lowest BCUT2D eigenvalue weighted by atomic mass is 9.96. The average molecular weight is 409 g/mol. The number of carbonyl (C=O) groups is 2. The standard InChI is InChI=1S/C22H20FN3O4/c1-14-24-20(30-25-14)15-5-7-16(8-6-15)21(27)26-11-9-17(10-12-26)22(28)29-19-4-2-3-18(23)13-19/h2-8,13,17H,9-12H2,1H3. The van der Waals surface area contributed by atoms with Crippen LogP contribution in [0.25, 0.3) is 11.5 Å². The molecule has 7 nitrogen and oxygen atoms in total.